The van der Waals surface area contributed by atoms with Gasteiger partial charge in [0.15, 0.2) is 4.34 Å². The lowest BCUT2D eigenvalue weighted by molar-refractivity contribution is -0.137. The molecular formula is C19H16F3N3O3S2. The number of nitrogens with zero attached hydrogens (tertiary/aromatic N) is 2. The summed E-state index contributed by atoms with van der Waals surface area (Å²) in [6.45, 7) is 0. The minimum absolute atomic E-state index is 0.299. The third kappa shape index (κ3) is 5.42. The zero-order valence-corrected chi connectivity index (χ0v) is 17.5. The molecule has 6 nitrogen and oxygen atoms in total. The minimum Gasteiger partial charge on any atom is -0.497 e. The Kier molecular flexibility index (Phi) is 6.83. The van der Waals surface area contributed by atoms with Crippen LogP contribution in [-0.4, -0.2) is 30.3 Å². The first-order valence-corrected chi connectivity index (χ1v) is 10.3. The second kappa shape index (κ2) is 9.35. The Hall–Kier alpha value is -2.79. The first-order valence-electron chi connectivity index (χ1n) is 8.46. The zero-order valence-electron chi connectivity index (χ0n) is 15.8. The maximum Gasteiger partial charge on any atom is 0.416 e. The lowest BCUT2D eigenvalue weighted by Crippen LogP contribution is -2.13. The van der Waals surface area contributed by atoms with E-state index in [2.05, 4.69) is 15.5 Å². The Morgan fingerprint density at radius 2 is 1.83 bits per heavy atom. The topological polar surface area (TPSA) is 73.3 Å². The number of ether oxygens (including phenoxy) is 2. The summed E-state index contributed by atoms with van der Waals surface area (Å²) in [7, 11) is 2.96. The first kappa shape index (κ1) is 21.9. The van der Waals surface area contributed by atoms with Crippen molar-refractivity contribution in [1.29, 1.82) is 0 Å². The van der Waals surface area contributed by atoms with E-state index in [4.69, 9.17) is 9.47 Å². The van der Waals surface area contributed by atoms with E-state index >= 15 is 0 Å². The van der Waals surface area contributed by atoms with Crippen LogP contribution in [0.5, 0.6) is 11.5 Å². The van der Waals surface area contributed by atoms with E-state index in [9.17, 15) is 18.0 Å². The fourth-order valence-corrected chi connectivity index (χ4v) is 4.11. The van der Waals surface area contributed by atoms with Crippen molar-refractivity contribution in [2.45, 2.75) is 16.3 Å². The van der Waals surface area contributed by atoms with Crippen LogP contribution >= 0.6 is 23.1 Å². The number of thioether (sulfide) groups is 1. The van der Waals surface area contributed by atoms with E-state index in [1.165, 1.54) is 49.5 Å². The van der Waals surface area contributed by atoms with E-state index in [1.54, 1.807) is 18.2 Å². The van der Waals surface area contributed by atoms with Gasteiger partial charge in [0.25, 0.3) is 5.91 Å². The average Bonchev–Trinajstić information content (AvgIpc) is 3.18. The number of aromatic nitrogens is 2. The maximum absolute atomic E-state index is 12.6. The lowest BCUT2D eigenvalue weighted by Gasteiger charge is -2.09. The number of alkyl halides is 3. The van der Waals surface area contributed by atoms with Crippen LogP contribution in [0.3, 0.4) is 0 Å². The molecule has 1 N–H and O–H groups in total. The van der Waals surface area contributed by atoms with Gasteiger partial charge in [0.1, 0.15) is 11.5 Å². The summed E-state index contributed by atoms with van der Waals surface area (Å²) >= 11 is 2.48. The molecule has 1 aromatic heterocycles. The Morgan fingerprint density at radius 1 is 1.10 bits per heavy atom. The lowest BCUT2D eigenvalue weighted by atomic mass is 10.1. The Morgan fingerprint density at radius 3 is 2.47 bits per heavy atom. The smallest absolute Gasteiger partial charge is 0.416 e. The van der Waals surface area contributed by atoms with Gasteiger partial charge in [0.2, 0.25) is 5.13 Å². The van der Waals surface area contributed by atoms with Gasteiger partial charge in [-0.25, -0.2) is 0 Å². The summed E-state index contributed by atoms with van der Waals surface area (Å²) in [6.07, 6.45) is -4.36. The molecule has 11 heteroatoms. The molecule has 0 atom stereocenters. The van der Waals surface area contributed by atoms with Crippen molar-refractivity contribution in [3.8, 4) is 11.5 Å². The molecule has 0 fully saturated rings. The number of halogens is 3. The monoisotopic (exact) mass is 455 g/mol. The number of nitrogens with one attached hydrogen (secondary N) is 1. The molecule has 158 valence electrons. The van der Waals surface area contributed by atoms with Crippen LogP contribution in [0.15, 0.2) is 46.8 Å². The second-order valence-electron chi connectivity index (χ2n) is 5.88. The van der Waals surface area contributed by atoms with Gasteiger partial charge in [0.05, 0.1) is 25.3 Å². The molecule has 3 aromatic rings. The highest BCUT2D eigenvalue weighted by Crippen LogP contribution is 2.32. The molecule has 0 bridgehead atoms. The molecule has 1 amide bonds. The zero-order chi connectivity index (χ0) is 21.7. The number of carbonyl (C=O) groups is 1. The Labute approximate surface area is 178 Å². The predicted octanol–water partition coefficient (Wildman–Crippen LogP) is 5.12. The number of hydrogen-bond donors (Lipinski definition) is 1. The molecule has 0 spiro atoms. The molecule has 30 heavy (non-hydrogen) atoms. The van der Waals surface area contributed by atoms with Crippen molar-refractivity contribution >= 4 is 34.1 Å². The quantitative estimate of drug-likeness (QED) is 0.394. The summed E-state index contributed by atoms with van der Waals surface area (Å²) in [5, 5.41) is 10.9. The van der Waals surface area contributed by atoms with Crippen LogP contribution in [0.4, 0.5) is 18.3 Å². The van der Waals surface area contributed by atoms with Crippen LogP contribution in [0.2, 0.25) is 0 Å². The summed E-state index contributed by atoms with van der Waals surface area (Å²) in [6, 6.07) is 9.76. The molecule has 3 rings (SSSR count). The van der Waals surface area contributed by atoms with Crippen LogP contribution in [0, 0.1) is 0 Å². The number of hydrogen-bond acceptors (Lipinski definition) is 7. The molecule has 0 saturated heterocycles. The second-order valence-corrected chi connectivity index (χ2v) is 8.08. The minimum atomic E-state index is -4.36. The summed E-state index contributed by atoms with van der Waals surface area (Å²) in [5.41, 5.74) is 0.343. The van der Waals surface area contributed by atoms with Crippen molar-refractivity contribution < 1.29 is 27.4 Å². The third-order valence-corrected chi connectivity index (χ3v) is 5.97. The number of benzene rings is 2. The fraction of sp³-hybridized carbons (Fsp3) is 0.211. The van der Waals surface area contributed by atoms with Crippen molar-refractivity contribution in [3.63, 3.8) is 0 Å². The predicted molar refractivity (Wildman–Crippen MR) is 108 cm³/mol. The van der Waals surface area contributed by atoms with Gasteiger partial charge in [-0.05, 0) is 29.8 Å². The van der Waals surface area contributed by atoms with Gasteiger partial charge in [-0.3, -0.25) is 10.1 Å². The normalized spacial score (nSPS) is 11.2. The van der Waals surface area contributed by atoms with Crippen molar-refractivity contribution in [2.24, 2.45) is 0 Å². The SMILES string of the molecule is COc1ccc(C(=O)Nc2nnc(SCc3ccc(C(F)(F)F)cc3)s2)c(OC)c1. The van der Waals surface area contributed by atoms with Gasteiger partial charge in [-0.1, -0.05) is 35.2 Å². The molecule has 0 aliphatic heterocycles. The van der Waals surface area contributed by atoms with E-state index < -0.39 is 17.6 Å². The molecule has 0 aliphatic rings. The van der Waals surface area contributed by atoms with Crippen molar-refractivity contribution in [1.82, 2.24) is 10.2 Å². The Balaban J connectivity index is 1.61. The molecule has 0 radical (unpaired) electrons. The van der Waals surface area contributed by atoms with E-state index in [0.29, 0.717) is 32.3 Å². The van der Waals surface area contributed by atoms with E-state index in [-0.39, 0.29) is 0 Å². The van der Waals surface area contributed by atoms with Gasteiger partial charge in [-0.15, -0.1) is 10.2 Å². The van der Waals surface area contributed by atoms with E-state index in [0.717, 1.165) is 17.7 Å². The molecule has 0 aliphatic carbocycles. The third-order valence-electron chi connectivity index (χ3n) is 3.92. The number of methoxy groups -OCH3 is 2. The Bertz CT molecular complexity index is 1020. The number of carbonyl (C=O) groups excluding carboxylic acids is 1. The molecule has 0 saturated carbocycles. The van der Waals surface area contributed by atoms with Crippen LogP contribution in [0.1, 0.15) is 21.5 Å². The highest BCUT2D eigenvalue weighted by atomic mass is 32.2. The van der Waals surface area contributed by atoms with Gasteiger partial charge >= 0.3 is 6.18 Å². The summed E-state index contributed by atoms with van der Waals surface area (Å²) in [5.74, 6) is 0.923. The summed E-state index contributed by atoms with van der Waals surface area (Å²) in [4.78, 5) is 12.5. The molecular weight excluding hydrogens is 439 g/mol. The maximum atomic E-state index is 12.6. The highest BCUT2D eigenvalue weighted by Gasteiger charge is 2.29. The molecule has 1 heterocycles. The largest absolute Gasteiger partial charge is 0.497 e. The summed E-state index contributed by atoms with van der Waals surface area (Å²) < 4.78 is 48.8. The van der Waals surface area contributed by atoms with Crippen molar-refractivity contribution in [3.05, 3.63) is 59.2 Å². The first-order chi connectivity index (χ1) is 14.3. The number of anilines is 1. The van der Waals surface area contributed by atoms with Crippen LogP contribution < -0.4 is 14.8 Å². The molecule has 0 unspecified atom stereocenters. The van der Waals surface area contributed by atoms with E-state index in [1.807, 2.05) is 0 Å². The fourth-order valence-electron chi connectivity index (χ4n) is 2.40. The standard InChI is InChI=1S/C19H16F3N3O3S2/c1-27-13-7-8-14(15(9-13)28-2)16(26)23-17-24-25-18(30-17)29-10-11-3-5-12(6-4-11)19(20,21)22/h3-9H,10H2,1-2H3,(H,23,24,26). The highest BCUT2D eigenvalue weighted by molar-refractivity contribution is 8.00. The van der Waals surface area contributed by atoms with Gasteiger partial charge in [-0.2, -0.15) is 13.2 Å². The van der Waals surface area contributed by atoms with Crippen molar-refractivity contribution in [2.75, 3.05) is 19.5 Å². The van der Waals surface area contributed by atoms with Crippen LogP contribution in [0.25, 0.3) is 0 Å². The average molecular weight is 455 g/mol. The number of amides is 1. The number of rotatable bonds is 7. The van der Waals surface area contributed by atoms with Crippen LogP contribution in [-0.2, 0) is 11.9 Å². The van der Waals surface area contributed by atoms with Gasteiger partial charge in [0, 0.05) is 11.8 Å². The van der Waals surface area contributed by atoms with Gasteiger partial charge < -0.3 is 9.47 Å². The molecule has 2 aromatic carbocycles.